The van der Waals surface area contributed by atoms with E-state index in [2.05, 4.69) is 10.3 Å². The largest absolute Gasteiger partial charge is 0.450 e. The fourth-order valence-corrected chi connectivity index (χ4v) is 3.72. The quantitative estimate of drug-likeness (QED) is 0.910. The molecular weight excluding hydrogens is 338 g/mol. The van der Waals surface area contributed by atoms with Gasteiger partial charge in [-0.1, -0.05) is 0 Å². The highest BCUT2D eigenvalue weighted by Crippen LogP contribution is 2.27. The van der Waals surface area contributed by atoms with E-state index in [1.54, 1.807) is 24.2 Å². The van der Waals surface area contributed by atoms with Crippen molar-refractivity contribution < 1.29 is 14.3 Å². The van der Waals surface area contributed by atoms with Gasteiger partial charge in [0, 0.05) is 36.4 Å². The van der Waals surface area contributed by atoms with Crippen LogP contribution in [0.15, 0.2) is 36.7 Å². The molecule has 1 fully saturated rings. The summed E-state index contributed by atoms with van der Waals surface area (Å²) in [4.78, 5) is 31.6. The van der Waals surface area contributed by atoms with E-state index in [-0.39, 0.29) is 18.0 Å². The van der Waals surface area contributed by atoms with Crippen molar-refractivity contribution in [1.29, 1.82) is 0 Å². The molecule has 1 saturated heterocycles. The number of piperidine rings is 1. The van der Waals surface area contributed by atoms with E-state index in [0.29, 0.717) is 24.6 Å². The molecule has 3 heterocycles. The lowest BCUT2D eigenvalue weighted by Crippen LogP contribution is -2.46. The van der Waals surface area contributed by atoms with Crippen molar-refractivity contribution in [2.45, 2.75) is 25.8 Å². The molecule has 0 radical (unpaired) electrons. The van der Waals surface area contributed by atoms with Crippen molar-refractivity contribution in [2.24, 2.45) is 0 Å². The first-order valence-electron chi connectivity index (χ1n) is 8.40. The van der Waals surface area contributed by atoms with Gasteiger partial charge in [-0.05, 0) is 49.6 Å². The fraction of sp³-hybridized carbons (Fsp3) is 0.389. The zero-order valence-electron chi connectivity index (χ0n) is 14.1. The van der Waals surface area contributed by atoms with Crippen LogP contribution in [0, 0.1) is 0 Å². The van der Waals surface area contributed by atoms with Gasteiger partial charge in [-0.15, -0.1) is 11.3 Å². The molecule has 0 atom stereocenters. The summed E-state index contributed by atoms with van der Waals surface area (Å²) in [5.41, 5.74) is 1.06. The van der Waals surface area contributed by atoms with Crippen molar-refractivity contribution in [3.05, 3.63) is 41.5 Å². The van der Waals surface area contributed by atoms with Crippen LogP contribution in [0.5, 0.6) is 0 Å². The van der Waals surface area contributed by atoms with E-state index < -0.39 is 0 Å². The molecule has 6 nitrogen and oxygen atoms in total. The molecule has 0 unspecified atom stereocenters. The third kappa shape index (κ3) is 4.36. The van der Waals surface area contributed by atoms with Gasteiger partial charge in [0.15, 0.2) is 0 Å². The highest BCUT2D eigenvalue weighted by Gasteiger charge is 2.25. The molecule has 0 spiro atoms. The summed E-state index contributed by atoms with van der Waals surface area (Å²) in [5, 5.41) is 3.07. The number of nitrogens with one attached hydrogen (secondary N) is 1. The topological polar surface area (TPSA) is 71.5 Å². The Labute approximate surface area is 150 Å². The lowest BCUT2D eigenvalue weighted by atomic mass is 10.1. The number of likely N-dealkylation sites (tertiary alicyclic amines) is 1. The maximum Gasteiger partial charge on any atom is 0.409 e. The van der Waals surface area contributed by atoms with Crippen LogP contribution >= 0.6 is 11.3 Å². The summed E-state index contributed by atoms with van der Waals surface area (Å²) < 4.78 is 5.01. The Kier molecular flexibility index (Phi) is 5.65. The van der Waals surface area contributed by atoms with E-state index in [1.807, 2.05) is 24.3 Å². The molecule has 132 valence electrons. The summed E-state index contributed by atoms with van der Waals surface area (Å²) in [6.07, 6.45) is 4.70. The van der Waals surface area contributed by atoms with Crippen LogP contribution < -0.4 is 5.32 Å². The zero-order valence-corrected chi connectivity index (χ0v) is 14.9. The van der Waals surface area contributed by atoms with Crippen molar-refractivity contribution in [2.75, 3.05) is 19.7 Å². The molecule has 2 aromatic heterocycles. The normalized spacial score (nSPS) is 15.0. The van der Waals surface area contributed by atoms with Crippen LogP contribution in [0.3, 0.4) is 0 Å². The van der Waals surface area contributed by atoms with Crippen LogP contribution in [0.1, 0.15) is 29.4 Å². The van der Waals surface area contributed by atoms with Gasteiger partial charge in [-0.2, -0.15) is 0 Å². The molecule has 2 amide bonds. The van der Waals surface area contributed by atoms with E-state index >= 15 is 0 Å². The van der Waals surface area contributed by atoms with E-state index in [9.17, 15) is 9.59 Å². The number of nitrogens with zero attached hydrogens (tertiary/aromatic N) is 2. The minimum atomic E-state index is -0.271. The number of aromatic nitrogens is 1. The molecule has 0 aliphatic carbocycles. The van der Waals surface area contributed by atoms with Gasteiger partial charge in [0.1, 0.15) is 0 Å². The predicted molar refractivity (Wildman–Crippen MR) is 96.6 cm³/mol. The number of rotatable bonds is 4. The Morgan fingerprint density at radius 2 is 1.96 bits per heavy atom. The van der Waals surface area contributed by atoms with Gasteiger partial charge < -0.3 is 15.0 Å². The minimum Gasteiger partial charge on any atom is -0.450 e. The number of carbonyl (C=O) groups excluding carboxylic acids is 2. The molecule has 7 heteroatoms. The first kappa shape index (κ1) is 17.4. The molecule has 1 aliphatic rings. The molecule has 1 aliphatic heterocycles. The number of amides is 2. The third-order valence-electron chi connectivity index (χ3n) is 4.15. The van der Waals surface area contributed by atoms with Crippen LogP contribution in [0.25, 0.3) is 10.4 Å². The molecule has 25 heavy (non-hydrogen) atoms. The van der Waals surface area contributed by atoms with Crippen molar-refractivity contribution in [3.63, 3.8) is 0 Å². The van der Waals surface area contributed by atoms with Crippen molar-refractivity contribution >= 4 is 23.3 Å². The smallest absolute Gasteiger partial charge is 0.409 e. The summed E-state index contributed by atoms with van der Waals surface area (Å²) in [6.45, 7) is 3.40. The number of hydrogen-bond donors (Lipinski definition) is 1. The Morgan fingerprint density at radius 1 is 1.24 bits per heavy atom. The second-order valence-electron chi connectivity index (χ2n) is 5.83. The maximum atomic E-state index is 12.5. The molecule has 2 aromatic rings. The minimum absolute atomic E-state index is 0.0557. The Hall–Kier alpha value is -2.41. The van der Waals surface area contributed by atoms with Gasteiger partial charge in [0.05, 0.1) is 11.5 Å². The number of ether oxygens (including phenoxy) is 1. The number of carbonyl (C=O) groups is 2. The molecule has 1 N–H and O–H groups in total. The molecule has 3 rings (SSSR count). The highest BCUT2D eigenvalue weighted by molar-refractivity contribution is 7.17. The Bertz CT molecular complexity index is 724. The maximum absolute atomic E-state index is 12.5. The van der Waals surface area contributed by atoms with Crippen LogP contribution in [-0.2, 0) is 4.74 Å². The SMILES string of the molecule is CCOC(=O)N1CCC(NC(=O)c2ccc(-c3ccncc3)s2)CC1. The van der Waals surface area contributed by atoms with Crippen LogP contribution in [0.2, 0.25) is 0 Å². The number of pyridine rings is 1. The van der Waals surface area contributed by atoms with E-state index in [4.69, 9.17) is 4.74 Å². The first-order valence-corrected chi connectivity index (χ1v) is 9.22. The number of hydrogen-bond acceptors (Lipinski definition) is 5. The Balaban J connectivity index is 1.54. The summed E-state index contributed by atoms with van der Waals surface area (Å²) in [7, 11) is 0. The van der Waals surface area contributed by atoms with Crippen molar-refractivity contribution in [3.8, 4) is 10.4 Å². The summed E-state index contributed by atoms with van der Waals surface area (Å²) in [6, 6.07) is 7.75. The Morgan fingerprint density at radius 3 is 2.64 bits per heavy atom. The molecular formula is C18H21N3O3S. The number of thiophene rings is 1. The monoisotopic (exact) mass is 359 g/mol. The molecule has 0 bridgehead atoms. The van der Waals surface area contributed by atoms with Gasteiger partial charge in [0.2, 0.25) is 0 Å². The second-order valence-corrected chi connectivity index (χ2v) is 6.92. The molecule has 0 saturated carbocycles. The van der Waals surface area contributed by atoms with E-state index in [0.717, 1.165) is 23.3 Å². The first-order chi connectivity index (χ1) is 12.2. The lowest BCUT2D eigenvalue weighted by molar-refractivity contribution is 0.0862. The van der Waals surface area contributed by atoms with Gasteiger partial charge >= 0.3 is 6.09 Å². The van der Waals surface area contributed by atoms with Gasteiger partial charge in [-0.3, -0.25) is 9.78 Å². The van der Waals surface area contributed by atoms with E-state index in [1.165, 1.54) is 11.3 Å². The van der Waals surface area contributed by atoms with Gasteiger partial charge in [0.25, 0.3) is 5.91 Å². The zero-order chi connectivity index (χ0) is 17.6. The average molecular weight is 359 g/mol. The highest BCUT2D eigenvalue weighted by atomic mass is 32.1. The third-order valence-corrected chi connectivity index (χ3v) is 5.28. The van der Waals surface area contributed by atoms with Crippen molar-refractivity contribution in [1.82, 2.24) is 15.2 Å². The molecule has 0 aromatic carbocycles. The van der Waals surface area contributed by atoms with Crippen LogP contribution in [-0.4, -0.2) is 47.6 Å². The predicted octanol–water partition coefficient (Wildman–Crippen LogP) is 3.16. The average Bonchev–Trinajstić information content (AvgIpc) is 3.13. The standard InChI is InChI=1S/C18H21N3O3S/c1-2-24-18(23)21-11-7-14(8-12-21)20-17(22)16-4-3-15(25-16)13-5-9-19-10-6-13/h3-6,9-10,14H,2,7-8,11-12H2,1H3,(H,20,22). The fourth-order valence-electron chi connectivity index (χ4n) is 2.81. The van der Waals surface area contributed by atoms with Crippen LogP contribution in [0.4, 0.5) is 4.79 Å². The lowest BCUT2D eigenvalue weighted by Gasteiger charge is -2.31. The summed E-state index contributed by atoms with van der Waals surface area (Å²) in [5.74, 6) is -0.0557. The van der Waals surface area contributed by atoms with Gasteiger partial charge in [-0.25, -0.2) is 4.79 Å². The summed E-state index contributed by atoms with van der Waals surface area (Å²) >= 11 is 1.47. The second kappa shape index (κ2) is 8.11.